The summed E-state index contributed by atoms with van der Waals surface area (Å²) in [6.45, 7) is 0. The monoisotopic (exact) mass is 278 g/mol. The molecular weight excluding hydrogens is 275 g/mol. The predicted octanol–water partition coefficient (Wildman–Crippen LogP) is 4.59. The Balaban J connectivity index is 2.75. The van der Waals surface area contributed by atoms with Crippen LogP contribution in [0, 0.1) is 5.82 Å². The van der Waals surface area contributed by atoms with Gasteiger partial charge in [0.2, 0.25) is 0 Å². The van der Waals surface area contributed by atoms with Crippen molar-refractivity contribution in [3.63, 3.8) is 0 Å². The number of thiophene rings is 1. The van der Waals surface area contributed by atoms with E-state index >= 15 is 0 Å². The molecule has 0 saturated heterocycles. The lowest BCUT2D eigenvalue weighted by molar-refractivity contribution is 0.642. The van der Waals surface area contributed by atoms with E-state index < -0.39 is 0 Å². The summed E-state index contributed by atoms with van der Waals surface area (Å²) in [7, 11) is 0. The van der Waals surface area contributed by atoms with Gasteiger partial charge < -0.3 is 0 Å². The van der Waals surface area contributed by atoms with Crippen molar-refractivity contribution in [1.29, 1.82) is 0 Å². The molecule has 1 aromatic heterocycles. The lowest BCUT2D eigenvalue weighted by Crippen LogP contribution is -1.72. The Labute approximate surface area is 92.5 Å². The largest absolute Gasteiger partial charge is 0.205 e. The molecule has 0 unspecified atom stereocenters. The molecule has 0 bridgehead atoms. The van der Waals surface area contributed by atoms with Gasteiger partial charge in [0.05, 0.1) is 4.70 Å². The van der Waals surface area contributed by atoms with E-state index in [-0.39, 0.29) is 5.82 Å². The van der Waals surface area contributed by atoms with E-state index in [0.29, 0.717) is 9.72 Å². The smallest absolute Gasteiger partial charge is 0.142 e. The van der Waals surface area contributed by atoms with E-state index in [2.05, 4.69) is 15.9 Å². The van der Waals surface area contributed by atoms with Crippen LogP contribution in [0.1, 0.15) is 4.88 Å². The summed E-state index contributed by atoms with van der Waals surface area (Å²) in [5.41, 5.74) is 0. The molecule has 2 aromatic rings. The molecule has 0 spiro atoms. The van der Waals surface area contributed by atoms with Gasteiger partial charge in [-0.15, -0.1) is 11.3 Å². The van der Waals surface area contributed by atoms with Crippen LogP contribution in [0.5, 0.6) is 0 Å². The van der Waals surface area contributed by atoms with Crippen LogP contribution >= 0.6 is 38.9 Å². The average Bonchev–Trinajstić information content (AvgIpc) is 2.47. The summed E-state index contributed by atoms with van der Waals surface area (Å²) in [6.07, 6.45) is 0. The third kappa shape index (κ3) is 1.73. The Morgan fingerprint density at radius 1 is 1.38 bits per heavy atom. The third-order valence-electron chi connectivity index (χ3n) is 1.72. The molecule has 0 aliphatic carbocycles. The molecule has 0 atom stereocenters. The van der Waals surface area contributed by atoms with E-state index in [1.165, 1.54) is 17.4 Å². The van der Waals surface area contributed by atoms with Gasteiger partial charge in [-0.3, -0.25) is 0 Å². The molecule has 68 valence electrons. The van der Waals surface area contributed by atoms with E-state index in [1.807, 2.05) is 6.07 Å². The second-order valence-corrected chi connectivity index (χ2v) is 4.79. The molecule has 1 heterocycles. The van der Waals surface area contributed by atoms with Gasteiger partial charge in [0, 0.05) is 15.2 Å². The Morgan fingerprint density at radius 2 is 2.15 bits per heavy atom. The van der Waals surface area contributed by atoms with Crippen LogP contribution in [0.15, 0.2) is 18.2 Å². The molecular formula is C9H5BrClFS. The molecule has 13 heavy (non-hydrogen) atoms. The highest BCUT2D eigenvalue weighted by molar-refractivity contribution is 9.08. The fourth-order valence-electron chi connectivity index (χ4n) is 1.20. The number of hydrogen-bond acceptors (Lipinski definition) is 1. The summed E-state index contributed by atoms with van der Waals surface area (Å²) in [5.74, 6) is -0.236. The van der Waals surface area contributed by atoms with E-state index in [0.717, 1.165) is 15.6 Å². The molecule has 0 amide bonds. The van der Waals surface area contributed by atoms with Gasteiger partial charge in [0.25, 0.3) is 0 Å². The summed E-state index contributed by atoms with van der Waals surface area (Å²) in [5, 5.41) is 2.08. The van der Waals surface area contributed by atoms with Crippen LogP contribution in [-0.2, 0) is 5.33 Å². The number of halogens is 3. The van der Waals surface area contributed by atoms with Crippen LogP contribution in [0.4, 0.5) is 4.39 Å². The molecule has 4 heteroatoms. The van der Waals surface area contributed by atoms with Gasteiger partial charge in [-0.1, -0.05) is 27.5 Å². The Hall–Kier alpha value is -0.120. The predicted molar refractivity (Wildman–Crippen MR) is 59.4 cm³/mol. The Morgan fingerprint density at radius 3 is 2.85 bits per heavy atom. The highest BCUT2D eigenvalue weighted by Gasteiger charge is 2.06. The SMILES string of the molecule is Fc1cc(Cl)cc2cc(CBr)sc12. The minimum absolute atomic E-state index is 0.236. The van der Waals surface area contributed by atoms with Crippen molar-refractivity contribution < 1.29 is 4.39 Å². The maximum absolute atomic E-state index is 13.3. The number of hydrogen-bond donors (Lipinski definition) is 0. The zero-order valence-electron chi connectivity index (χ0n) is 6.48. The number of alkyl halides is 1. The van der Waals surface area contributed by atoms with E-state index in [1.54, 1.807) is 6.07 Å². The second kappa shape index (κ2) is 3.56. The first-order valence-corrected chi connectivity index (χ1v) is 5.96. The van der Waals surface area contributed by atoms with Gasteiger partial charge >= 0.3 is 0 Å². The maximum Gasteiger partial charge on any atom is 0.142 e. The summed E-state index contributed by atoms with van der Waals surface area (Å²) < 4.78 is 14.0. The van der Waals surface area contributed by atoms with Crippen molar-refractivity contribution in [1.82, 2.24) is 0 Å². The van der Waals surface area contributed by atoms with Crippen LogP contribution in [0.2, 0.25) is 5.02 Å². The highest BCUT2D eigenvalue weighted by atomic mass is 79.9. The van der Waals surface area contributed by atoms with E-state index in [9.17, 15) is 4.39 Å². The molecule has 0 aliphatic rings. The minimum atomic E-state index is -0.236. The fraction of sp³-hybridized carbons (Fsp3) is 0.111. The second-order valence-electron chi connectivity index (χ2n) is 2.65. The zero-order valence-corrected chi connectivity index (χ0v) is 9.64. The number of benzene rings is 1. The van der Waals surface area contributed by atoms with Crippen LogP contribution in [0.3, 0.4) is 0 Å². The average molecular weight is 280 g/mol. The van der Waals surface area contributed by atoms with Crippen LogP contribution < -0.4 is 0 Å². The van der Waals surface area contributed by atoms with Crippen LogP contribution in [-0.4, -0.2) is 0 Å². The highest BCUT2D eigenvalue weighted by Crippen LogP contribution is 2.31. The van der Waals surface area contributed by atoms with Gasteiger partial charge in [0.15, 0.2) is 0 Å². The first-order chi connectivity index (χ1) is 6.20. The Kier molecular flexibility index (Phi) is 2.58. The first kappa shape index (κ1) is 9.44. The molecule has 0 nitrogen and oxygen atoms in total. The fourth-order valence-corrected chi connectivity index (χ4v) is 2.81. The third-order valence-corrected chi connectivity index (χ3v) is 4.07. The van der Waals surface area contributed by atoms with Crippen molar-refractivity contribution in [3.8, 4) is 0 Å². The topological polar surface area (TPSA) is 0 Å². The van der Waals surface area contributed by atoms with Gasteiger partial charge in [-0.05, 0) is 23.6 Å². The molecule has 0 saturated carbocycles. The number of rotatable bonds is 1. The van der Waals surface area contributed by atoms with Crippen molar-refractivity contribution in [2.75, 3.05) is 0 Å². The van der Waals surface area contributed by atoms with E-state index in [4.69, 9.17) is 11.6 Å². The number of fused-ring (bicyclic) bond motifs is 1. The lowest BCUT2D eigenvalue weighted by Gasteiger charge is -1.92. The first-order valence-electron chi connectivity index (χ1n) is 3.64. The molecule has 0 fully saturated rings. The van der Waals surface area contributed by atoms with Gasteiger partial charge in [-0.25, -0.2) is 4.39 Å². The Bertz CT molecular complexity index is 452. The van der Waals surface area contributed by atoms with Gasteiger partial charge in [0.1, 0.15) is 5.82 Å². The quantitative estimate of drug-likeness (QED) is 0.670. The molecule has 1 aromatic carbocycles. The molecule has 0 aliphatic heterocycles. The molecule has 0 N–H and O–H groups in total. The summed E-state index contributed by atoms with van der Waals surface area (Å²) in [4.78, 5) is 1.11. The van der Waals surface area contributed by atoms with Gasteiger partial charge in [-0.2, -0.15) is 0 Å². The van der Waals surface area contributed by atoms with Crippen molar-refractivity contribution in [2.45, 2.75) is 5.33 Å². The van der Waals surface area contributed by atoms with Crippen LogP contribution in [0.25, 0.3) is 10.1 Å². The molecule has 0 radical (unpaired) electrons. The maximum atomic E-state index is 13.3. The summed E-state index contributed by atoms with van der Waals surface area (Å²) >= 11 is 10.5. The minimum Gasteiger partial charge on any atom is -0.205 e. The lowest BCUT2D eigenvalue weighted by atomic mass is 10.2. The van der Waals surface area contributed by atoms with Crippen molar-refractivity contribution >= 4 is 49.0 Å². The van der Waals surface area contributed by atoms with Crippen molar-refractivity contribution in [2.24, 2.45) is 0 Å². The molecule has 2 rings (SSSR count). The zero-order chi connectivity index (χ0) is 9.42. The standard InChI is InChI=1S/C9H5BrClFS/c10-4-7-2-5-1-6(11)3-8(12)9(5)13-7/h1-3H,4H2. The van der Waals surface area contributed by atoms with Crippen molar-refractivity contribution in [3.05, 3.63) is 33.9 Å². The summed E-state index contributed by atoms with van der Waals surface area (Å²) in [6, 6.07) is 5.07. The normalized spacial score (nSPS) is 11.0.